The van der Waals surface area contributed by atoms with Crippen LogP contribution in [0.2, 0.25) is 0 Å². The zero-order valence-corrected chi connectivity index (χ0v) is 14.6. The van der Waals surface area contributed by atoms with E-state index in [0.29, 0.717) is 21.0 Å². The third-order valence-corrected chi connectivity index (χ3v) is 4.05. The normalized spacial score (nSPS) is 11.6. The van der Waals surface area contributed by atoms with Gasteiger partial charge in [0, 0.05) is 15.4 Å². The lowest BCUT2D eigenvalue weighted by Gasteiger charge is -2.06. The number of aromatic amines is 1. The molecular formula is C17H12BrFN4O2. The van der Waals surface area contributed by atoms with Crippen LogP contribution in [0.5, 0.6) is 0 Å². The number of nitrogens with one attached hydrogen (secondary N) is 2. The van der Waals surface area contributed by atoms with E-state index in [9.17, 15) is 14.0 Å². The molecular weight excluding hydrogens is 391 g/mol. The van der Waals surface area contributed by atoms with Gasteiger partial charge in [0.2, 0.25) is 0 Å². The zero-order valence-electron chi connectivity index (χ0n) is 13.0. The first-order valence-corrected chi connectivity index (χ1v) is 8.04. The van der Waals surface area contributed by atoms with Crippen LogP contribution in [0, 0.1) is 5.82 Å². The molecule has 126 valence electrons. The number of nitrogens with zero attached hydrogens (tertiary/aromatic N) is 2. The first-order chi connectivity index (χ1) is 12.0. The Kier molecular flexibility index (Phi) is 4.71. The van der Waals surface area contributed by atoms with Gasteiger partial charge in [-0.05, 0) is 31.2 Å². The molecule has 0 unspecified atom stereocenters. The summed E-state index contributed by atoms with van der Waals surface area (Å²) < 4.78 is 14.5. The van der Waals surface area contributed by atoms with Crippen LogP contribution in [0.4, 0.5) is 4.39 Å². The fourth-order valence-electron chi connectivity index (χ4n) is 2.32. The average Bonchev–Trinajstić information content (AvgIpc) is 2.60. The van der Waals surface area contributed by atoms with Crippen molar-refractivity contribution in [3.05, 3.63) is 74.4 Å². The van der Waals surface area contributed by atoms with Gasteiger partial charge in [0.1, 0.15) is 5.82 Å². The number of rotatable bonds is 3. The molecule has 8 heteroatoms. The third-order valence-electron chi connectivity index (χ3n) is 3.56. The lowest BCUT2D eigenvalue weighted by Crippen LogP contribution is -2.23. The molecule has 1 aromatic heterocycles. The third kappa shape index (κ3) is 3.48. The van der Waals surface area contributed by atoms with Crippen LogP contribution in [0.25, 0.3) is 10.8 Å². The van der Waals surface area contributed by atoms with E-state index < -0.39 is 11.7 Å². The highest BCUT2D eigenvalue weighted by atomic mass is 79.9. The van der Waals surface area contributed by atoms with Gasteiger partial charge in [-0.2, -0.15) is 10.2 Å². The van der Waals surface area contributed by atoms with Crippen LogP contribution in [0.3, 0.4) is 0 Å². The van der Waals surface area contributed by atoms with Gasteiger partial charge in [0.15, 0.2) is 5.69 Å². The van der Waals surface area contributed by atoms with E-state index >= 15 is 0 Å². The van der Waals surface area contributed by atoms with E-state index in [0.717, 1.165) is 0 Å². The van der Waals surface area contributed by atoms with Crippen LogP contribution in [-0.2, 0) is 0 Å². The number of hydrazone groups is 1. The first kappa shape index (κ1) is 17.0. The molecule has 0 radical (unpaired) electrons. The number of H-pyrrole nitrogens is 1. The fourth-order valence-corrected chi connectivity index (χ4v) is 2.65. The van der Waals surface area contributed by atoms with Crippen LogP contribution in [0.1, 0.15) is 23.0 Å². The molecule has 0 saturated heterocycles. The van der Waals surface area contributed by atoms with E-state index in [4.69, 9.17) is 0 Å². The summed E-state index contributed by atoms with van der Waals surface area (Å²) in [6.07, 6.45) is 0. The molecule has 0 bridgehead atoms. The van der Waals surface area contributed by atoms with Crippen molar-refractivity contribution in [1.29, 1.82) is 0 Å². The molecule has 2 N–H and O–H groups in total. The average molecular weight is 403 g/mol. The highest BCUT2D eigenvalue weighted by molar-refractivity contribution is 9.10. The molecule has 0 spiro atoms. The van der Waals surface area contributed by atoms with E-state index in [1.54, 1.807) is 43.3 Å². The number of carbonyl (C=O) groups is 1. The lowest BCUT2D eigenvalue weighted by molar-refractivity contribution is 0.0950. The minimum absolute atomic E-state index is 0.0306. The monoisotopic (exact) mass is 402 g/mol. The Morgan fingerprint density at radius 1 is 1.24 bits per heavy atom. The standard InChI is InChI=1S/C17H12BrFN4O2/c1-9(11-7-6-10(18)8-14(11)19)20-23-17(25)15-12-4-2-3-5-13(12)16(24)22-21-15/h2-8H,1H3,(H,22,24)(H,23,25)/b20-9+. The Morgan fingerprint density at radius 2 is 1.96 bits per heavy atom. The van der Waals surface area contributed by atoms with Crippen LogP contribution >= 0.6 is 15.9 Å². The molecule has 1 amide bonds. The van der Waals surface area contributed by atoms with Crippen molar-refractivity contribution >= 4 is 38.3 Å². The molecule has 2 aromatic carbocycles. The van der Waals surface area contributed by atoms with Crippen molar-refractivity contribution in [2.24, 2.45) is 5.10 Å². The summed E-state index contributed by atoms with van der Waals surface area (Å²) in [5, 5.41) is 10.7. The van der Waals surface area contributed by atoms with Crippen molar-refractivity contribution in [2.75, 3.05) is 0 Å². The van der Waals surface area contributed by atoms with E-state index in [1.807, 2.05) is 0 Å². The van der Waals surface area contributed by atoms with E-state index in [2.05, 4.69) is 36.7 Å². The molecule has 1 heterocycles. The topological polar surface area (TPSA) is 87.2 Å². The van der Waals surface area contributed by atoms with Crippen molar-refractivity contribution in [3.63, 3.8) is 0 Å². The van der Waals surface area contributed by atoms with Gasteiger partial charge in [-0.3, -0.25) is 9.59 Å². The summed E-state index contributed by atoms with van der Waals surface area (Å²) in [7, 11) is 0. The molecule has 25 heavy (non-hydrogen) atoms. The van der Waals surface area contributed by atoms with Crippen LogP contribution in [-0.4, -0.2) is 21.8 Å². The van der Waals surface area contributed by atoms with Crippen molar-refractivity contribution < 1.29 is 9.18 Å². The number of carbonyl (C=O) groups excluding carboxylic acids is 1. The van der Waals surface area contributed by atoms with Gasteiger partial charge in [0.25, 0.3) is 11.5 Å². The number of fused-ring (bicyclic) bond motifs is 1. The van der Waals surface area contributed by atoms with Gasteiger partial charge >= 0.3 is 0 Å². The van der Waals surface area contributed by atoms with Crippen molar-refractivity contribution in [1.82, 2.24) is 15.6 Å². The summed E-state index contributed by atoms with van der Waals surface area (Å²) in [5.41, 5.74) is 2.55. The predicted octanol–water partition coefficient (Wildman–Crippen LogP) is 2.98. The summed E-state index contributed by atoms with van der Waals surface area (Å²) in [4.78, 5) is 24.1. The van der Waals surface area contributed by atoms with Gasteiger partial charge in [-0.15, -0.1) is 0 Å². The van der Waals surface area contributed by atoms with Crippen molar-refractivity contribution in [2.45, 2.75) is 6.92 Å². The number of aromatic nitrogens is 2. The number of halogens is 2. The van der Waals surface area contributed by atoms with Gasteiger partial charge in [-0.1, -0.05) is 34.1 Å². The SMILES string of the molecule is C/C(=N\NC(=O)c1n[nH]c(=O)c2ccccc12)c1ccc(Br)cc1F. The first-order valence-electron chi connectivity index (χ1n) is 7.25. The number of amides is 1. The minimum atomic E-state index is -0.607. The summed E-state index contributed by atoms with van der Waals surface area (Å²) in [6.45, 7) is 1.57. The Morgan fingerprint density at radius 3 is 2.68 bits per heavy atom. The summed E-state index contributed by atoms with van der Waals surface area (Å²) in [6, 6.07) is 11.2. The second-order valence-electron chi connectivity index (χ2n) is 5.21. The van der Waals surface area contributed by atoms with Crippen LogP contribution < -0.4 is 11.0 Å². The smallest absolute Gasteiger partial charge is 0.267 e. The summed E-state index contributed by atoms with van der Waals surface area (Å²) in [5.74, 6) is -1.07. The van der Waals surface area contributed by atoms with Gasteiger partial charge in [0.05, 0.1) is 11.1 Å². The second-order valence-corrected chi connectivity index (χ2v) is 6.12. The molecule has 3 rings (SSSR count). The Balaban J connectivity index is 1.90. The van der Waals surface area contributed by atoms with Crippen LogP contribution in [0.15, 0.2) is 56.8 Å². The van der Waals surface area contributed by atoms with Crippen molar-refractivity contribution in [3.8, 4) is 0 Å². The van der Waals surface area contributed by atoms with Gasteiger partial charge in [-0.25, -0.2) is 14.9 Å². The maximum atomic E-state index is 13.9. The molecule has 6 nitrogen and oxygen atoms in total. The van der Waals surface area contributed by atoms with E-state index in [-0.39, 0.29) is 16.8 Å². The number of benzene rings is 2. The molecule has 0 aliphatic carbocycles. The largest absolute Gasteiger partial charge is 0.292 e. The zero-order chi connectivity index (χ0) is 18.0. The molecule has 0 saturated carbocycles. The maximum absolute atomic E-state index is 13.9. The second kappa shape index (κ2) is 6.94. The van der Waals surface area contributed by atoms with E-state index in [1.165, 1.54) is 6.07 Å². The lowest BCUT2D eigenvalue weighted by atomic mass is 10.1. The predicted molar refractivity (Wildman–Crippen MR) is 96.1 cm³/mol. The fraction of sp³-hybridized carbons (Fsp3) is 0.0588. The van der Waals surface area contributed by atoms with Gasteiger partial charge < -0.3 is 0 Å². The summed E-state index contributed by atoms with van der Waals surface area (Å²) >= 11 is 3.18. The molecule has 0 aliphatic heterocycles. The Labute approximate surface area is 149 Å². The maximum Gasteiger partial charge on any atom is 0.292 e. The molecule has 0 fully saturated rings. The molecule has 3 aromatic rings. The molecule has 0 aliphatic rings. The highest BCUT2D eigenvalue weighted by Crippen LogP contribution is 2.16. The number of hydrogen-bond donors (Lipinski definition) is 2. The molecule has 0 atom stereocenters. The number of hydrogen-bond acceptors (Lipinski definition) is 4. The minimum Gasteiger partial charge on any atom is -0.267 e. The Bertz CT molecular complexity index is 1060. The highest BCUT2D eigenvalue weighted by Gasteiger charge is 2.14. The quantitative estimate of drug-likeness (QED) is 0.521. The Hall–Kier alpha value is -2.87.